The van der Waals surface area contributed by atoms with E-state index < -0.39 is 10.8 Å². The van der Waals surface area contributed by atoms with E-state index >= 15 is 0 Å². The minimum absolute atomic E-state index is 0.293. The fraction of sp³-hybridized carbons (Fsp3) is 0.571. The van der Waals surface area contributed by atoms with E-state index in [0.29, 0.717) is 11.2 Å². The molecule has 1 aromatic rings. The third kappa shape index (κ3) is 4.90. The predicted molar refractivity (Wildman–Crippen MR) is 76.5 cm³/mol. The molecule has 0 radical (unpaired) electrons. The Bertz CT molecular complexity index is 359. The Balaban J connectivity index is 2.33. The lowest BCUT2D eigenvalue weighted by Gasteiger charge is -2.14. The summed E-state index contributed by atoms with van der Waals surface area (Å²) in [7, 11) is -0.698. The van der Waals surface area contributed by atoms with Gasteiger partial charge in [-0.25, -0.2) is 0 Å². The van der Waals surface area contributed by atoms with Crippen molar-refractivity contribution in [2.45, 2.75) is 38.9 Å². The minimum Gasteiger partial charge on any atom is -0.399 e. The molecule has 3 heteroatoms. The van der Waals surface area contributed by atoms with Gasteiger partial charge < -0.3 is 5.73 Å². The molecule has 0 aliphatic carbocycles. The van der Waals surface area contributed by atoms with Crippen molar-refractivity contribution in [3.05, 3.63) is 29.8 Å². The van der Waals surface area contributed by atoms with Gasteiger partial charge in [0.1, 0.15) is 0 Å². The van der Waals surface area contributed by atoms with Crippen molar-refractivity contribution in [2.75, 3.05) is 11.5 Å². The smallest absolute Gasteiger partial charge is 0.0342 e. The highest BCUT2D eigenvalue weighted by Gasteiger charge is 2.14. The summed E-state index contributed by atoms with van der Waals surface area (Å²) >= 11 is 0. The van der Waals surface area contributed by atoms with E-state index in [4.69, 9.17) is 5.73 Å². The van der Waals surface area contributed by atoms with E-state index in [0.717, 1.165) is 24.3 Å². The fourth-order valence-corrected chi connectivity index (χ4v) is 3.00. The largest absolute Gasteiger partial charge is 0.399 e. The van der Waals surface area contributed by atoms with Crippen molar-refractivity contribution >= 4 is 16.5 Å². The van der Waals surface area contributed by atoms with Crippen LogP contribution in [0.15, 0.2) is 24.3 Å². The average Bonchev–Trinajstić information content (AvgIpc) is 2.30. The minimum atomic E-state index is -0.698. The number of rotatable bonds is 6. The summed E-state index contributed by atoms with van der Waals surface area (Å²) in [5.74, 6) is 1.29. The maximum atomic E-state index is 11.9. The monoisotopic (exact) mass is 253 g/mol. The molecule has 0 aliphatic heterocycles. The van der Waals surface area contributed by atoms with Crippen molar-refractivity contribution in [3.8, 4) is 0 Å². The van der Waals surface area contributed by atoms with E-state index in [9.17, 15) is 4.21 Å². The molecule has 0 saturated carbocycles. The molecule has 0 fully saturated rings. The van der Waals surface area contributed by atoms with Crippen LogP contribution < -0.4 is 5.73 Å². The fourth-order valence-electron chi connectivity index (χ4n) is 1.59. The second kappa shape index (κ2) is 6.80. The van der Waals surface area contributed by atoms with Gasteiger partial charge in [-0.05, 0) is 36.5 Å². The van der Waals surface area contributed by atoms with E-state index in [1.54, 1.807) is 0 Å². The molecule has 0 saturated heterocycles. The first-order valence-corrected chi connectivity index (χ1v) is 7.60. The topological polar surface area (TPSA) is 43.1 Å². The van der Waals surface area contributed by atoms with Gasteiger partial charge in [-0.3, -0.25) is 4.21 Å². The number of benzene rings is 1. The average molecular weight is 253 g/mol. The lowest BCUT2D eigenvalue weighted by Crippen LogP contribution is -2.20. The van der Waals surface area contributed by atoms with Crippen molar-refractivity contribution in [1.82, 2.24) is 0 Å². The number of nitrogen functional groups attached to an aromatic ring is 1. The van der Waals surface area contributed by atoms with Crippen molar-refractivity contribution in [2.24, 2.45) is 5.92 Å². The van der Waals surface area contributed by atoms with E-state index in [-0.39, 0.29) is 0 Å². The molecule has 0 aromatic heterocycles. The maximum Gasteiger partial charge on any atom is 0.0342 e. The van der Waals surface area contributed by atoms with E-state index in [2.05, 4.69) is 20.8 Å². The molecular formula is C14H23NOS. The van der Waals surface area contributed by atoms with Crippen LogP contribution in [0.4, 0.5) is 5.69 Å². The Morgan fingerprint density at radius 2 is 1.76 bits per heavy atom. The highest BCUT2D eigenvalue weighted by molar-refractivity contribution is 7.85. The van der Waals surface area contributed by atoms with Crippen LogP contribution in [0.5, 0.6) is 0 Å². The number of nitrogens with two attached hydrogens (primary N) is 1. The van der Waals surface area contributed by atoms with Crippen LogP contribution in [0.25, 0.3) is 0 Å². The third-order valence-corrected chi connectivity index (χ3v) is 5.21. The summed E-state index contributed by atoms with van der Waals surface area (Å²) in [5.41, 5.74) is 7.70. The molecule has 2 nitrogen and oxygen atoms in total. The van der Waals surface area contributed by atoms with Gasteiger partial charge in [0.2, 0.25) is 0 Å². The summed E-state index contributed by atoms with van der Waals surface area (Å²) in [6.45, 7) is 6.33. The zero-order valence-corrected chi connectivity index (χ0v) is 11.8. The molecule has 0 amide bonds. The van der Waals surface area contributed by atoms with Gasteiger partial charge in [-0.15, -0.1) is 0 Å². The number of hydrogen-bond acceptors (Lipinski definition) is 2. The normalized spacial score (nSPS) is 14.8. The predicted octanol–water partition coefficient (Wildman–Crippen LogP) is 2.99. The highest BCUT2D eigenvalue weighted by atomic mass is 32.2. The first-order chi connectivity index (χ1) is 8.00. The Hall–Kier alpha value is -0.830. The first kappa shape index (κ1) is 14.2. The van der Waals surface area contributed by atoms with Crippen molar-refractivity contribution < 1.29 is 4.21 Å². The van der Waals surface area contributed by atoms with Crippen LogP contribution in [0.1, 0.15) is 32.8 Å². The van der Waals surface area contributed by atoms with Gasteiger partial charge in [0.05, 0.1) is 0 Å². The van der Waals surface area contributed by atoms with E-state index in [1.165, 1.54) is 5.56 Å². The molecule has 1 rings (SSSR count). The molecule has 2 N–H and O–H groups in total. The summed E-state index contributed by atoms with van der Waals surface area (Å²) in [6, 6.07) is 7.93. The number of hydrogen-bond donors (Lipinski definition) is 1. The molecule has 0 heterocycles. The maximum absolute atomic E-state index is 11.9. The van der Waals surface area contributed by atoms with Crippen LogP contribution in [0, 0.1) is 5.92 Å². The number of anilines is 1. The van der Waals surface area contributed by atoms with Gasteiger partial charge in [0, 0.05) is 27.5 Å². The SMILES string of the molecule is CC(C)C(C)S(=O)CCCc1ccc(N)cc1. The van der Waals surface area contributed by atoms with Crippen LogP contribution in [-0.2, 0) is 17.2 Å². The van der Waals surface area contributed by atoms with Crippen molar-refractivity contribution in [1.29, 1.82) is 0 Å². The quantitative estimate of drug-likeness (QED) is 0.792. The zero-order chi connectivity index (χ0) is 12.8. The molecule has 2 atom stereocenters. The Morgan fingerprint density at radius 3 is 2.29 bits per heavy atom. The molecule has 0 spiro atoms. The van der Waals surface area contributed by atoms with Crippen LogP contribution in [0.2, 0.25) is 0 Å². The second-order valence-corrected chi connectivity index (χ2v) is 6.79. The molecule has 0 aliphatic rings. The lowest BCUT2D eigenvalue weighted by molar-refractivity contribution is 0.604. The Labute approximate surface area is 107 Å². The van der Waals surface area contributed by atoms with Gasteiger partial charge >= 0.3 is 0 Å². The highest BCUT2D eigenvalue weighted by Crippen LogP contribution is 2.12. The zero-order valence-electron chi connectivity index (χ0n) is 11.0. The molecule has 0 bridgehead atoms. The van der Waals surface area contributed by atoms with Gasteiger partial charge in [-0.1, -0.05) is 32.9 Å². The van der Waals surface area contributed by atoms with Gasteiger partial charge in [-0.2, -0.15) is 0 Å². The molecular weight excluding hydrogens is 230 g/mol. The summed E-state index contributed by atoms with van der Waals surface area (Å²) < 4.78 is 11.9. The standard InChI is InChI=1S/C14H23NOS/c1-11(2)12(3)17(16)10-4-5-13-6-8-14(15)9-7-13/h6-9,11-12H,4-5,10,15H2,1-3H3. The third-order valence-electron chi connectivity index (χ3n) is 3.14. The summed E-state index contributed by atoms with van der Waals surface area (Å²) in [4.78, 5) is 0. The first-order valence-electron chi connectivity index (χ1n) is 6.22. The molecule has 96 valence electrons. The second-order valence-electron chi connectivity index (χ2n) is 4.88. The van der Waals surface area contributed by atoms with Gasteiger partial charge in [0.15, 0.2) is 0 Å². The molecule has 17 heavy (non-hydrogen) atoms. The molecule has 2 unspecified atom stereocenters. The Morgan fingerprint density at radius 1 is 1.18 bits per heavy atom. The van der Waals surface area contributed by atoms with Gasteiger partial charge in [0.25, 0.3) is 0 Å². The van der Waals surface area contributed by atoms with Crippen molar-refractivity contribution in [3.63, 3.8) is 0 Å². The van der Waals surface area contributed by atoms with Crippen LogP contribution in [-0.4, -0.2) is 15.2 Å². The van der Waals surface area contributed by atoms with Crippen LogP contribution >= 0.6 is 0 Å². The molecule has 1 aromatic carbocycles. The Kier molecular flexibility index (Phi) is 5.69. The summed E-state index contributed by atoms with van der Waals surface area (Å²) in [6.07, 6.45) is 1.96. The summed E-state index contributed by atoms with van der Waals surface area (Å²) in [5, 5.41) is 0.293. The van der Waals surface area contributed by atoms with Crippen LogP contribution in [0.3, 0.4) is 0 Å². The lowest BCUT2D eigenvalue weighted by atomic mass is 10.1. The van der Waals surface area contributed by atoms with E-state index in [1.807, 2.05) is 24.3 Å². The number of aryl methyl sites for hydroxylation is 1.